The first kappa shape index (κ1) is 76.2. The number of rotatable bonds is 47. The highest BCUT2D eigenvalue weighted by molar-refractivity contribution is 5.76. The largest absolute Gasteiger partial charge is 0.394 e. The van der Waals surface area contributed by atoms with E-state index in [2.05, 4.69) is 92.1 Å². The molecule has 17 unspecified atom stereocenters. The molecule has 85 heavy (non-hydrogen) atoms. The zero-order valence-electron chi connectivity index (χ0n) is 51.3. The molecule has 3 fully saturated rings. The van der Waals surface area contributed by atoms with Gasteiger partial charge in [-0.05, 0) is 70.6 Å². The molecule has 1 amide bonds. The maximum Gasteiger partial charge on any atom is 0.220 e. The Morgan fingerprint density at radius 3 is 1.27 bits per heavy atom. The van der Waals surface area contributed by atoms with E-state index in [1.54, 1.807) is 6.08 Å². The van der Waals surface area contributed by atoms with E-state index in [0.717, 1.165) is 103 Å². The second kappa shape index (κ2) is 47.9. The van der Waals surface area contributed by atoms with Crippen LogP contribution in [0, 0.1) is 0 Å². The van der Waals surface area contributed by atoms with Crippen molar-refractivity contribution in [3.8, 4) is 0 Å². The van der Waals surface area contributed by atoms with Gasteiger partial charge in [-0.25, -0.2) is 0 Å². The molecule has 12 N–H and O–H groups in total. The third kappa shape index (κ3) is 30.8. The highest BCUT2D eigenvalue weighted by atomic mass is 16.8. The Hall–Kier alpha value is -3.03. The topological polar surface area (TPSA) is 307 Å². The summed E-state index contributed by atoms with van der Waals surface area (Å²) in [5.41, 5.74) is 0. The summed E-state index contributed by atoms with van der Waals surface area (Å²) in [5, 5.41) is 120. The van der Waals surface area contributed by atoms with E-state index in [-0.39, 0.29) is 18.9 Å². The van der Waals surface area contributed by atoms with Gasteiger partial charge in [0.2, 0.25) is 5.91 Å². The lowest BCUT2D eigenvalue weighted by molar-refractivity contribution is -0.379. The van der Waals surface area contributed by atoms with Crippen LogP contribution in [0.5, 0.6) is 0 Å². The molecule has 0 radical (unpaired) electrons. The highest BCUT2D eigenvalue weighted by Gasteiger charge is 2.53. The number of hydrogen-bond donors (Lipinski definition) is 12. The van der Waals surface area contributed by atoms with Crippen LogP contribution in [0.15, 0.2) is 85.1 Å². The Bertz CT molecular complexity index is 1880. The number of aliphatic hydroxyl groups is 11. The Morgan fingerprint density at radius 1 is 0.435 bits per heavy atom. The van der Waals surface area contributed by atoms with E-state index < -0.39 is 124 Å². The smallest absolute Gasteiger partial charge is 0.220 e. The molecular formula is C66H113NO18. The number of unbranched alkanes of at least 4 members (excludes halogenated alkanes) is 19. The van der Waals surface area contributed by atoms with Crippen LogP contribution in [0.25, 0.3) is 0 Å². The lowest BCUT2D eigenvalue weighted by Crippen LogP contribution is -2.66. The Balaban J connectivity index is 1.32. The van der Waals surface area contributed by atoms with E-state index in [9.17, 15) is 61.0 Å². The first-order chi connectivity index (χ1) is 41.3. The van der Waals surface area contributed by atoms with Gasteiger partial charge >= 0.3 is 0 Å². The summed E-state index contributed by atoms with van der Waals surface area (Å²) in [5.74, 6) is -0.285. The summed E-state index contributed by atoms with van der Waals surface area (Å²) < 4.78 is 34.1. The average molecular weight is 1210 g/mol. The third-order valence-electron chi connectivity index (χ3n) is 15.7. The van der Waals surface area contributed by atoms with E-state index in [1.165, 1.54) is 64.2 Å². The minimum Gasteiger partial charge on any atom is -0.394 e. The number of nitrogens with one attached hydrogen (secondary N) is 1. The second-order valence-electron chi connectivity index (χ2n) is 22.8. The number of carbonyl (C=O) groups is 1. The molecule has 490 valence electrons. The number of allylic oxidation sites excluding steroid dienone is 13. The van der Waals surface area contributed by atoms with Crippen molar-refractivity contribution in [1.82, 2.24) is 5.32 Å². The predicted octanol–water partition coefficient (Wildman–Crippen LogP) is 7.15. The van der Waals surface area contributed by atoms with Crippen LogP contribution in [0.1, 0.15) is 194 Å². The lowest BCUT2D eigenvalue weighted by atomic mass is 9.96. The van der Waals surface area contributed by atoms with Gasteiger partial charge in [0.1, 0.15) is 73.2 Å². The van der Waals surface area contributed by atoms with Crippen LogP contribution in [0.3, 0.4) is 0 Å². The van der Waals surface area contributed by atoms with Crippen molar-refractivity contribution in [1.29, 1.82) is 0 Å². The lowest BCUT2D eigenvalue weighted by Gasteiger charge is -2.48. The molecule has 3 heterocycles. The number of carbonyl (C=O) groups excluding carboxylic acids is 1. The molecule has 19 nitrogen and oxygen atoms in total. The van der Waals surface area contributed by atoms with Crippen LogP contribution >= 0.6 is 0 Å². The Kier molecular flexibility index (Phi) is 43.0. The molecule has 0 aromatic heterocycles. The fourth-order valence-corrected chi connectivity index (χ4v) is 10.4. The number of aliphatic hydroxyl groups excluding tert-OH is 11. The predicted molar refractivity (Wildman–Crippen MR) is 328 cm³/mol. The van der Waals surface area contributed by atoms with Crippen molar-refractivity contribution >= 4 is 5.91 Å². The quantitative estimate of drug-likeness (QED) is 0.0213. The summed E-state index contributed by atoms with van der Waals surface area (Å²) in [4.78, 5) is 13.3. The summed E-state index contributed by atoms with van der Waals surface area (Å²) in [6.45, 7) is 1.52. The standard InChI is InChI=1S/C66H113NO18/c1-3-5-7-9-11-12-13-14-15-16-17-18-19-20-21-22-23-24-25-26-27-28-29-30-31-32-33-34-35-36-38-40-42-44-54(72)67-49(50(71)43-41-39-37-10-8-6-4-2)48-80-64-60(78)57(75)62(52(46-69)82-64)85-66-61(79)58(76)63(53(47-70)83-66)84-65-59(77)56(74)55(73)51(45-68)81-65/h5,7,11-12,14-15,17-18,20-21,23-24,41,43,49-53,55-66,68-71,73-79H,3-4,6,8-10,13,16,19,22,25-40,42,44-48H2,1-2H3,(H,67,72)/b7-5-,12-11-,15-14-,18-17-,21-20-,24-23-,43-41+. The van der Waals surface area contributed by atoms with Crippen molar-refractivity contribution < 1.29 is 89.4 Å². The Labute approximate surface area is 508 Å². The first-order valence-electron chi connectivity index (χ1n) is 32.3. The van der Waals surface area contributed by atoms with Gasteiger partial charge < -0.3 is 89.9 Å². The molecule has 0 aromatic rings. The molecule has 19 heteroatoms. The van der Waals surface area contributed by atoms with Gasteiger partial charge in [-0.2, -0.15) is 0 Å². The van der Waals surface area contributed by atoms with Crippen molar-refractivity contribution in [2.24, 2.45) is 0 Å². The maximum absolute atomic E-state index is 13.3. The summed E-state index contributed by atoms with van der Waals surface area (Å²) in [6, 6.07) is -0.974. The normalized spacial score (nSPS) is 29.5. The van der Waals surface area contributed by atoms with Gasteiger partial charge in [0.25, 0.3) is 0 Å². The molecule has 0 aliphatic carbocycles. The van der Waals surface area contributed by atoms with Gasteiger partial charge in [-0.3, -0.25) is 4.79 Å². The van der Waals surface area contributed by atoms with Gasteiger partial charge in [-0.1, -0.05) is 202 Å². The van der Waals surface area contributed by atoms with Crippen LogP contribution in [0.4, 0.5) is 0 Å². The van der Waals surface area contributed by atoms with Gasteiger partial charge in [-0.15, -0.1) is 0 Å². The minimum absolute atomic E-state index is 0.237. The van der Waals surface area contributed by atoms with Crippen molar-refractivity contribution in [3.05, 3.63) is 85.1 Å². The van der Waals surface area contributed by atoms with Crippen molar-refractivity contribution in [2.45, 2.75) is 298 Å². The van der Waals surface area contributed by atoms with E-state index in [1.807, 2.05) is 6.08 Å². The molecule has 3 aliphatic rings. The van der Waals surface area contributed by atoms with Gasteiger partial charge in [0.05, 0.1) is 38.6 Å². The van der Waals surface area contributed by atoms with Gasteiger partial charge in [0.15, 0.2) is 18.9 Å². The van der Waals surface area contributed by atoms with E-state index in [4.69, 9.17) is 28.4 Å². The molecule has 0 aromatic carbocycles. The zero-order chi connectivity index (χ0) is 61.9. The molecule has 3 aliphatic heterocycles. The maximum atomic E-state index is 13.3. The SMILES string of the molecule is CC/C=C\C/C=C\C/C=C\C/C=C\C/C=C\C/C=C\CCCCCCCCCCCCCCCCC(=O)NC(COC1OC(CO)C(OC2OC(CO)C(OC3OC(CO)C(O)C(O)C3O)C(O)C2O)C(O)C1O)C(O)/C=C/CCCCCCC. The van der Waals surface area contributed by atoms with Crippen LogP contribution < -0.4 is 5.32 Å². The molecular weight excluding hydrogens is 1090 g/mol. The molecule has 0 saturated carbocycles. The number of amides is 1. The number of ether oxygens (including phenoxy) is 6. The minimum atomic E-state index is -1.98. The van der Waals surface area contributed by atoms with Crippen LogP contribution in [-0.4, -0.2) is 193 Å². The first-order valence-corrected chi connectivity index (χ1v) is 32.3. The van der Waals surface area contributed by atoms with Gasteiger partial charge in [0, 0.05) is 6.42 Å². The second-order valence-corrected chi connectivity index (χ2v) is 22.8. The monoisotopic (exact) mass is 1210 g/mol. The average Bonchev–Trinajstić information content (AvgIpc) is 3.70. The van der Waals surface area contributed by atoms with Crippen LogP contribution in [0.2, 0.25) is 0 Å². The van der Waals surface area contributed by atoms with E-state index >= 15 is 0 Å². The molecule has 3 rings (SSSR count). The number of hydrogen-bond acceptors (Lipinski definition) is 18. The Morgan fingerprint density at radius 2 is 0.812 bits per heavy atom. The van der Waals surface area contributed by atoms with Crippen molar-refractivity contribution in [2.75, 3.05) is 26.4 Å². The molecule has 0 spiro atoms. The zero-order valence-corrected chi connectivity index (χ0v) is 51.3. The van der Waals surface area contributed by atoms with Crippen LogP contribution in [-0.2, 0) is 33.2 Å². The highest BCUT2D eigenvalue weighted by Crippen LogP contribution is 2.33. The summed E-state index contributed by atoms with van der Waals surface area (Å²) >= 11 is 0. The fourth-order valence-electron chi connectivity index (χ4n) is 10.4. The van der Waals surface area contributed by atoms with Crippen molar-refractivity contribution in [3.63, 3.8) is 0 Å². The third-order valence-corrected chi connectivity index (χ3v) is 15.7. The summed E-state index contributed by atoms with van der Waals surface area (Å²) in [6.07, 6.45) is 33.4. The molecule has 3 saturated heterocycles. The molecule has 17 atom stereocenters. The summed E-state index contributed by atoms with van der Waals surface area (Å²) in [7, 11) is 0. The fraction of sp³-hybridized carbons (Fsp3) is 0.773. The van der Waals surface area contributed by atoms with E-state index in [0.29, 0.717) is 6.42 Å². The molecule has 0 bridgehead atoms.